The maximum atomic E-state index is 10.3. The van der Waals surface area contributed by atoms with Crippen LogP contribution in [0.25, 0.3) is 0 Å². The van der Waals surface area contributed by atoms with E-state index in [1.54, 1.807) is 0 Å². The standard InChI is InChI=1S/C6H6Cl2N2O4/c1-3(11)13-9-5(7)6(8)10-14-4(2)12/h1-2H3/b9-5-,10-6+. The first-order chi connectivity index (χ1) is 6.43. The lowest BCUT2D eigenvalue weighted by Gasteiger charge is -1.94. The fraction of sp³-hybridized carbons (Fsp3) is 0.333. The first-order valence-electron chi connectivity index (χ1n) is 3.26. The lowest BCUT2D eigenvalue weighted by molar-refractivity contribution is -0.142. The third kappa shape index (κ3) is 6.38. The van der Waals surface area contributed by atoms with Crippen molar-refractivity contribution in [3.8, 4) is 0 Å². The lowest BCUT2D eigenvalue weighted by Crippen LogP contribution is -2.04. The van der Waals surface area contributed by atoms with E-state index in [9.17, 15) is 9.59 Å². The van der Waals surface area contributed by atoms with Crippen LogP contribution in [-0.2, 0) is 19.3 Å². The molecule has 14 heavy (non-hydrogen) atoms. The van der Waals surface area contributed by atoms with Gasteiger partial charge in [-0.15, -0.1) is 0 Å². The van der Waals surface area contributed by atoms with E-state index in [1.165, 1.54) is 0 Å². The number of carbonyl (C=O) groups excluding carboxylic acids is 2. The SMILES string of the molecule is CC(=O)O/N=C(Cl)/C(Cl)=N\OC(C)=O. The molecule has 0 heterocycles. The Morgan fingerprint density at radius 3 is 1.43 bits per heavy atom. The van der Waals surface area contributed by atoms with E-state index in [-0.39, 0.29) is 0 Å². The molecular formula is C6H6Cl2N2O4. The summed E-state index contributed by atoms with van der Waals surface area (Å²) in [5.74, 6) is -1.33. The first-order valence-corrected chi connectivity index (χ1v) is 4.01. The van der Waals surface area contributed by atoms with Gasteiger partial charge in [-0.3, -0.25) is 0 Å². The summed E-state index contributed by atoms with van der Waals surface area (Å²) in [6, 6.07) is 0. The molecule has 0 aliphatic rings. The van der Waals surface area contributed by atoms with Crippen molar-refractivity contribution in [1.29, 1.82) is 0 Å². The van der Waals surface area contributed by atoms with Gasteiger partial charge in [0.2, 0.25) is 10.3 Å². The van der Waals surface area contributed by atoms with Crippen molar-refractivity contribution in [3.05, 3.63) is 0 Å². The summed E-state index contributed by atoms with van der Waals surface area (Å²) in [5, 5.41) is 5.36. The van der Waals surface area contributed by atoms with Gasteiger partial charge >= 0.3 is 11.9 Å². The molecule has 0 saturated carbocycles. The highest BCUT2D eigenvalue weighted by Crippen LogP contribution is 1.98. The molecule has 0 fully saturated rings. The number of carbonyl (C=O) groups is 2. The Kier molecular flexibility index (Phi) is 5.82. The molecule has 6 nitrogen and oxygen atoms in total. The molecule has 0 spiro atoms. The molecule has 0 radical (unpaired) electrons. The largest absolute Gasteiger partial charge is 0.332 e. The van der Waals surface area contributed by atoms with Crippen LogP contribution in [0.15, 0.2) is 10.3 Å². The molecule has 0 aromatic rings. The van der Waals surface area contributed by atoms with E-state index in [1.807, 2.05) is 0 Å². The van der Waals surface area contributed by atoms with Crippen LogP contribution in [0.3, 0.4) is 0 Å². The second-order valence-electron chi connectivity index (χ2n) is 1.93. The number of oxime groups is 2. The quantitative estimate of drug-likeness (QED) is 0.422. The molecule has 0 bridgehead atoms. The van der Waals surface area contributed by atoms with Gasteiger partial charge in [-0.2, -0.15) is 0 Å². The van der Waals surface area contributed by atoms with Gasteiger partial charge in [-0.1, -0.05) is 33.5 Å². The predicted octanol–water partition coefficient (Wildman–Crippen LogP) is 1.22. The van der Waals surface area contributed by atoms with Crippen molar-refractivity contribution in [2.45, 2.75) is 13.8 Å². The molecule has 0 unspecified atom stereocenters. The molecular weight excluding hydrogens is 235 g/mol. The van der Waals surface area contributed by atoms with Crippen molar-refractivity contribution in [3.63, 3.8) is 0 Å². The Bertz CT molecular complexity index is 270. The summed E-state index contributed by atoms with van der Waals surface area (Å²) in [4.78, 5) is 28.8. The topological polar surface area (TPSA) is 77.3 Å². The van der Waals surface area contributed by atoms with E-state index < -0.39 is 22.3 Å². The normalized spacial score (nSPS) is 12.3. The van der Waals surface area contributed by atoms with Crippen LogP contribution in [0, 0.1) is 0 Å². The molecule has 0 aromatic heterocycles. The second-order valence-corrected chi connectivity index (χ2v) is 2.65. The zero-order valence-corrected chi connectivity index (χ0v) is 8.80. The van der Waals surface area contributed by atoms with Crippen molar-refractivity contribution in [1.82, 2.24) is 0 Å². The fourth-order valence-corrected chi connectivity index (χ4v) is 0.422. The lowest BCUT2D eigenvalue weighted by atomic mass is 10.8. The van der Waals surface area contributed by atoms with Gasteiger partial charge in [0.15, 0.2) is 0 Å². The van der Waals surface area contributed by atoms with Gasteiger partial charge in [0.1, 0.15) is 0 Å². The molecule has 0 amide bonds. The van der Waals surface area contributed by atoms with E-state index in [0.29, 0.717) is 0 Å². The van der Waals surface area contributed by atoms with Crippen molar-refractivity contribution in [2.24, 2.45) is 10.3 Å². The Balaban J connectivity index is 4.29. The molecule has 0 rings (SSSR count). The molecule has 0 atom stereocenters. The Hall–Kier alpha value is -1.14. The average molecular weight is 241 g/mol. The highest BCUT2D eigenvalue weighted by molar-refractivity contribution is 7.00. The number of halogens is 2. The minimum atomic E-state index is -0.667. The van der Waals surface area contributed by atoms with Crippen molar-refractivity contribution in [2.75, 3.05) is 0 Å². The maximum Gasteiger partial charge on any atom is 0.332 e. The molecule has 0 N–H and O–H groups in total. The van der Waals surface area contributed by atoms with E-state index in [0.717, 1.165) is 13.8 Å². The van der Waals surface area contributed by atoms with Crippen LogP contribution >= 0.6 is 23.2 Å². The third-order valence-corrected chi connectivity index (χ3v) is 1.27. The summed E-state index contributed by atoms with van der Waals surface area (Å²) < 4.78 is 0. The molecule has 0 aliphatic heterocycles. The van der Waals surface area contributed by atoms with Crippen LogP contribution in [0.4, 0.5) is 0 Å². The number of hydrogen-bond donors (Lipinski definition) is 0. The van der Waals surface area contributed by atoms with E-state index in [4.69, 9.17) is 23.2 Å². The van der Waals surface area contributed by atoms with E-state index >= 15 is 0 Å². The van der Waals surface area contributed by atoms with Crippen LogP contribution in [0.1, 0.15) is 13.8 Å². The van der Waals surface area contributed by atoms with Crippen LogP contribution < -0.4 is 0 Å². The van der Waals surface area contributed by atoms with Crippen LogP contribution in [-0.4, -0.2) is 22.3 Å². The van der Waals surface area contributed by atoms with Gasteiger partial charge in [0.25, 0.3) is 0 Å². The zero-order chi connectivity index (χ0) is 11.1. The van der Waals surface area contributed by atoms with Crippen LogP contribution in [0.2, 0.25) is 0 Å². The molecule has 0 aromatic carbocycles. The zero-order valence-electron chi connectivity index (χ0n) is 7.28. The van der Waals surface area contributed by atoms with Crippen molar-refractivity contribution >= 4 is 45.5 Å². The highest BCUT2D eigenvalue weighted by atomic mass is 35.5. The summed E-state index contributed by atoms with van der Waals surface area (Å²) in [7, 11) is 0. The highest BCUT2D eigenvalue weighted by Gasteiger charge is 2.06. The van der Waals surface area contributed by atoms with Gasteiger partial charge in [-0.05, 0) is 0 Å². The molecule has 8 heteroatoms. The Morgan fingerprint density at radius 2 is 1.21 bits per heavy atom. The summed E-state index contributed by atoms with van der Waals surface area (Å²) >= 11 is 10.8. The minimum Gasteiger partial charge on any atom is -0.317 e. The van der Waals surface area contributed by atoms with Gasteiger partial charge < -0.3 is 9.68 Å². The van der Waals surface area contributed by atoms with Gasteiger partial charge in [0.05, 0.1) is 0 Å². The smallest absolute Gasteiger partial charge is 0.317 e. The second kappa shape index (κ2) is 6.33. The number of hydrogen-bond acceptors (Lipinski definition) is 6. The van der Waals surface area contributed by atoms with Crippen LogP contribution in [0.5, 0.6) is 0 Å². The fourth-order valence-electron chi connectivity index (χ4n) is 0.284. The Morgan fingerprint density at radius 1 is 0.929 bits per heavy atom. The summed E-state index contributed by atoms with van der Waals surface area (Å²) in [5.41, 5.74) is 0. The third-order valence-electron chi connectivity index (χ3n) is 0.679. The number of nitrogens with zero attached hydrogens (tertiary/aromatic N) is 2. The van der Waals surface area contributed by atoms with Gasteiger partial charge in [-0.25, -0.2) is 9.59 Å². The van der Waals surface area contributed by atoms with Crippen molar-refractivity contribution < 1.29 is 19.3 Å². The summed E-state index contributed by atoms with van der Waals surface area (Å²) in [6.07, 6.45) is 0. The predicted molar refractivity (Wildman–Crippen MR) is 50.1 cm³/mol. The average Bonchev–Trinajstić information content (AvgIpc) is 2.09. The molecule has 78 valence electrons. The Labute approximate surface area is 89.4 Å². The number of rotatable bonds is 3. The minimum absolute atomic E-state index is 0.400. The van der Waals surface area contributed by atoms with Gasteiger partial charge in [0, 0.05) is 13.8 Å². The molecule has 0 saturated heterocycles. The van der Waals surface area contributed by atoms with E-state index in [2.05, 4.69) is 20.0 Å². The monoisotopic (exact) mass is 240 g/mol. The molecule has 0 aliphatic carbocycles. The maximum absolute atomic E-state index is 10.3. The first kappa shape index (κ1) is 12.9. The summed E-state index contributed by atoms with van der Waals surface area (Å²) in [6.45, 7) is 2.26.